The van der Waals surface area contributed by atoms with Crippen molar-refractivity contribution in [2.75, 3.05) is 13.2 Å². The molecule has 0 aliphatic heterocycles. The van der Waals surface area contributed by atoms with Crippen LogP contribution in [0.2, 0.25) is 0 Å². The molecule has 3 aromatic rings. The summed E-state index contributed by atoms with van der Waals surface area (Å²) in [6, 6.07) is 24.0. The average molecular weight is 404 g/mol. The molecule has 4 heteroatoms. The summed E-state index contributed by atoms with van der Waals surface area (Å²) in [7, 11) is 0. The monoisotopic (exact) mass is 403 g/mol. The number of hydrogen-bond donors (Lipinski definition) is 1. The van der Waals surface area contributed by atoms with Crippen molar-refractivity contribution in [2.24, 2.45) is 0 Å². The molecule has 0 saturated carbocycles. The lowest BCUT2D eigenvalue weighted by atomic mass is 10.0. The van der Waals surface area contributed by atoms with Crippen molar-refractivity contribution in [3.05, 3.63) is 83.9 Å². The van der Waals surface area contributed by atoms with E-state index < -0.39 is 0 Å². The van der Waals surface area contributed by atoms with Gasteiger partial charge in [0, 0.05) is 0 Å². The first kappa shape index (κ1) is 21.4. The van der Waals surface area contributed by atoms with Gasteiger partial charge in [0.1, 0.15) is 0 Å². The molecule has 4 nitrogen and oxygen atoms in total. The molecule has 0 spiro atoms. The average Bonchev–Trinajstić information content (AvgIpc) is 2.76. The third kappa shape index (κ3) is 5.63. The summed E-state index contributed by atoms with van der Waals surface area (Å²) in [6.45, 7) is 7.00. The van der Waals surface area contributed by atoms with Gasteiger partial charge in [-0.2, -0.15) is 0 Å². The third-order valence-corrected chi connectivity index (χ3v) is 4.87. The maximum atomic E-state index is 12.6. The zero-order valence-electron chi connectivity index (χ0n) is 17.9. The van der Waals surface area contributed by atoms with Crippen LogP contribution in [0.15, 0.2) is 72.8 Å². The predicted octanol–water partition coefficient (Wildman–Crippen LogP) is 5.57. The Kier molecular flexibility index (Phi) is 7.50. The molecule has 1 N–H and O–H groups in total. The summed E-state index contributed by atoms with van der Waals surface area (Å²) in [4.78, 5) is 12.6. The standard InChI is InChI=1S/C26H29NO3/c1-4-29-24-16-15-23(18-25(24)30-5-2)19(3)27-26(28)17-20-11-13-22(14-12-20)21-9-7-6-8-10-21/h6-16,18-19H,4-5,17H2,1-3H3,(H,27,28)/t19-/m0/s1. The Morgan fingerprint density at radius 1 is 0.833 bits per heavy atom. The molecule has 30 heavy (non-hydrogen) atoms. The van der Waals surface area contributed by atoms with Gasteiger partial charge in [-0.05, 0) is 55.2 Å². The summed E-state index contributed by atoms with van der Waals surface area (Å²) in [5.74, 6) is 1.41. The van der Waals surface area contributed by atoms with E-state index in [1.165, 1.54) is 5.56 Å². The summed E-state index contributed by atoms with van der Waals surface area (Å²) in [5, 5.41) is 3.08. The van der Waals surface area contributed by atoms with E-state index in [1.807, 2.05) is 69.3 Å². The second-order valence-electron chi connectivity index (χ2n) is 7.10. The molecule has 3 rings (SSSR count). The van der Waals surface area contributed by atoms with Crippen molar-refractivity contribution in [2.45, 2.75) is 33.2 Å². The van der Waals surface area contributed by atoms with Crippen LogP contribution < -0.4 is 14.8 Å². The summed E-state index contributed by atoms with van der Waals surface area (Å²) in [5.41, 5.74) is 4.28. The van der Waals surface area contributed by atoms with E-state index in [-0.39, 0.29) is 11.9 Å². The first-order chi connectivity index (χ1) is 14.6. The van der Waals surface area contributed by atoms with E-state index in [9.17, 15) is 4.79 Å². The number of benzene rings is 3. The second-order valence-corrected chi connectivity index (χ2v) is 7.10. The third-order valence-electron chi connectivity index (χ3n) is 4.87. The Labute approximate surface area is 178 Å². The minimum Gasteiger partial charge on any atom is -0.490 e. The van der Waals surface area contributed by atoms with Gasteiger partial charge in [0.05, 0.1) is 25.7 Å². The van der Waals surface area contributed by atoms with Crippen molar-refractivity contribution in [1.82, 2.24) is 5.32 Å². The molecule has 0 aliphatic rings. The van der Waals surface area contributed by atoms with E-state index >= 15 is 0 Å². The Morgan fingerprint density at radius 3 is 2.13 bits per heavy atom. The van der Waals surface area contributed by atoms with Crippen molar-refractivity contribution in [3.8, 4) is 22.6 Å². The zero-order chi connectivity index (χ0) is 21.3. The van der Waals surface area contributed by atoms with E-state index in [1.54, 1.807) is 0 Å². The molecule has 0 bridgehead atoms. The van der Waals surface area contributed by atoms with Gasteiger partial charge < -0.3 is 14.8 Å². The highest BCUT2D eigenvalue weighted by molar-refractivity contribution is 5.79. The van der Waals surface area contributed by atoms with Crippen molar-refractivity contribution >= 4 is 5.91 Å². The molecular weight excluding hydrogens is 374 g/mol. The van der Waals surface area contributed by atoms with Crippen LogP contribution in [0.4, 0.5) is 0 Å². The van der Waals surface area contributed by atoms with Crippen LogP contribution in [0.3, 0.4) is 0 Å². The number of amides is 1. The molecule has 0 radical (unpaired) electrons. The van der Waals surface area contributed by atoms with Gasteiger partial charge >= 0.3 is 0 Å². The van der Waals surface area contributed by atoms with E-state index in [0.29, 0.717) is 25.4 Å². The second kappa shape index (κ2) is 10.5. The highest BCUT2D eigenvalue weighted by atomic mass is 16.5. The molecular formula is C26H29NO3. The predicted molar refractivity (Wildman–Crippen MR) is 121 cm³/mol. The van der Waals surface area contributed by atoms with E-state index in [2.05, 4.69) is 29.6 Å². The number of ether oxygens (including phenoxy) is 2. The Balaban J connectivity index is 1.62. The van der Waals surface area contributed by atoms with Gasteiger partial charge in [-0.15, -0.1) is 0 Å². The molecule has 0 aromatic heterocycles. The minimum absolute atomic E-state index is 0.0122. The minimum atomic E-state index is -0.129. The quantitative estimate of drug-likeness (QED) is 0.508. The highest BCUT2D eigenvalue weighted by Gasteiger charge is 2.14. The molecule has 0 aliphatic carbocycles. The molecule has 0 heterocycles. The molecule has 0 unspecified atom stereocenters. The lowest BCUT2D eigenvalue weighted by Gasteiger charge is -2.17. The topological polar surface area (TPSA) is 47.6 Å². The lowest BCUT2D eigenvalue weighted by Crippen LogP contribution is -2.28. The fourth-order valence-electron chi connectivity index (χ4n) is 3.34. The fourth-order valence-corrected chi connectivity index (χ4v) is 3.34. The zero-order valence-corrected chi connectivity index (χ0v) is 17.9. The first-order valence-electron chi connectivity index (χ1n) is 10.4. The molecule has 0 saturated heterocycles. The Bertz CT molecular complexity index is 952. The summed E-state index contributed by atoms with van der Waals surface area (Å²) < 4.78 is 11.3. The van der Waals surface area contributed by atoms with Crippen molar-refractivity contribution in [1.29, 1.82) is 0 Å². The first-order valence-corrected chi connectivity index (χ1v) is 10.4. The Hall–Kier alpha value is -3.27. The van der Waals surface area contributed by atoms with Crippen LogP contribution in [-0.4, -0.2) is 19.1 Å². The van der Waals surface area contributed by atoms with Gasteiger partial charge in [-0.3, -0.25) is 4.79 Å². The van der Waals surface area contributed by atoms with Crippen LogP contribution in [0.1, 0.15) is 37.9 Å². The maximum absolute atomic E-state index is 12.6. The fraction of sp³-hybridized carbons (Fsp3) is 0.269. The van der Waals surface area contributed by atoms with Crippen LogP contribution in [0, 0.1) is 0 Å². The smallest absolute Gasteiger partial charge is 0.224 e. The number of rotatable bonds is 9. The van der Waals surface area contributed by atoms with Crippen molar-refractivity contribution < 1.29 is 14.3 Å². The van der Waals surface area contributed by atoms with Crippen LogP contribution in [0.5, 0.6) is 11.5 Å². The molecule has 3 aromatic carbocycles. The van der Waals surface area contributed by atoms with Crippen LogP contribution >= 0.6 is 0 Å². The summed E-state index contributed by atoms with van der Waals surface area (Å²) in [6.07, 6.45) is 0.342. The van der Waals surface area contributed by atoms with Gasteiger partial charge in [0.15, 0.2) is 11.5 Å². The van der Waals surface area contributed by atoms with Gasteiger partial charge in [0.2, 0.25) is 5.91 Å². The van der Waals surface area contributed by atoms with Crippen LogP contribution in [-0.2, 0) is 11.2 Å². The maximum Gasteiger partial charge on any atom is 0.224 e. The molecule has 1 amide bonds. The molecule has 1 atom stereocenters. The SMILES string of the molecule is CCOc1ccc([C@H](C)NC(=O)Cc2ccc(-c3ccccc3)cc2)cc1OCC. The summed E-state index contributed by atoms with van der Waals surface area (Å²) >= 11 is 0. The number of carbonyl (C=O) groups excluding carboxylic acids is 1. The van der Waals surface area contributed by atoms with Gasteiger partial charge in [0.25, 0.3) is 0 Å². The number of nitrogens with one attached hydrogen (secondary N) is 1. The van der Waals surface area contributed by atoms with E-state index in [4.69, 9.17) is 9.47 Å². The largest absolute Gasteiger partial charge is 0.490 e. The van der Waals surface area contributed by atoms with Gasteiger partial charge in [-0.1, -0.05) is 60.7 Å². The number of hydrogen-bond acceptors (Lipinski definition) is 3. The Morgan fingerprint density at radius 2 is 1.47 bits per heavy atom. The lowest BCUT2D eigenvalue weighted by molar-refractivity contribution is -0.121. The van der Waals surface area contributed by atoms with Crippen molar-refractivity contribution in [3.63, 3.8) is 0 Å². The number of carbonyl (C=O) groups is 1. The molecule has 156 valence electrons. The van der Waals surface area contributed by atoms with Crippen LogP contribution in [0.25, 0.3) is 11.1 Å². The van der Waals surface area contributed by atoms with E-state index in [0.717, 1.165) is 22.4 Å². The van der Waals surface area contributed by atoms with Gasteiger partial charge in [-0.25, -0.2) is 0 Å². The highest BCUT2D eigenvalue weighted by Crippen LogP contribution is 2.30. The molecule has 0 fully saturated rings. The normalized spacial score (nSPS) is 11.6.